The summed E-state index contributed by atoms with van der Waals surface area (Å²) in [5.41, 5.74) is 2.48. The Hall–Kier alpha value is -2.09. The van der Waals surface area contributed by atoms with E-state index < -0.39 is 0 Å². The molecule has 1 saturated heterocycles. The molecule has 3 rings (SSSR count). The van der Waals surface area contributed by atoms with Crippen LogP contribution in [0.5, 0.6) is 5.75 Å². The molecule has 2 heterocycles. The number of aromatic nitrogens is 1. The molecule has 8 heteroatoms. The maximum absolute atomic E-state index is 12.4. The minimum absolute atomic E-state index is 0.0596. The quantitative estimate of drug-likeness (QED) is 0.815. The molecule has 0 atom stereocenters. The molecule has 0 radical (unpaired) electrons. The lowest BCUT2D eigenvalue weighted by Crippen LogP contribution is -2.48. The normalized spacial score (nSPS) is 15.7. The van der Waals surface area contributed by atoms with Gasteiger partial charge >= 0.3 is 0 Å². The third-order valence-corrected chi connectivity index (χ3v) is 5.06. The van der Waals surface area contributed by atoms with Crippen LogP contribution in [0.2, 0.25) is 5.02 Å². The van der Waals surface area contributed by atoms with Crippen LogP contribution in [0.15, 0.2) is 22.7 Å². The number of carbonyl (C=O) groups excluding carboxylic acids is 1. The van der Waals surface area contributed by atoms with Gasteiger partial charge in [0.25, 0.3) is 0 Å². The summed E-state index contributed by atoms with van der Waals surface area (Å²) in [7, 11) is 1.56. The second-order valence-corrected chi connectivity index (χ2v) is 7.24. The molecule has 1 aliphatic heterocycles. The summed E-state index contributed by atoms with van der Waals surface area (Å²) in [6.07, 6.45) is 0. The average molecular weight is 393 g/mol. The number of amides is 1. The molecule has 0 bridgehead atoms. The zero-order chi connectivity index (χ0) is 19.4. The average Bonchev–Trinajstić information content (AvgIpc) is 3.04. The minimum atomic E-state index is -0.0596. The molecule has 1 aliphatic rings. The number of benzene rings is 1. The van der Waals surface area contributed by atoms with E-state index in [1.165, 1.54) is 0 Å². The van der Waals surface area contributed by atoms with Gasteiger partial charge in [-0.1, -0.05) is 16.8 Å². The molecule has 0 aliphatic carbocycles. The maximum Gasteiger partial charge on any atom is 0.238 e. The maximum atomic E-state index is 12.4. The van der Waals surface area contributed by atoms with E-state index in [1.807, 2.05) is 26.0 Å². The summed E-state index contributed by atoms with van der Waals surface area (Å²) in [4.78, 5) is 16.9. The summed E-state index contributed by atoms with van der Waals surface area (Å²) >= 11 is 6.11. The molecule has 0 spiro atoms. The van der Waals surface area contributed by atoms with Crippen LogP contribution in [0, 0.1) is 13.8 Å². The zero-order valence-corrected chi connectivity index (χ0v) is 16.7. The first-order chi connectivity index (χ1) is 12.9. The summed E-state index contributed by atoms with van der Waals surface area (Å²) < 4.78 is 10.4. The predicted molar refractivity (Wildman–Crippen MR) is 104 cm³/mol. The molecule has 1 aromatic carbocycles. The van der Waals surface area contributed by atoms with E-state index >= 15 is 0 Å². The molecule has 2 aromatic rings. The van der Waals surface area contributed by atoms with Crippen molar-refractivity contribution in [1.82, 2.24) is 15.0 Å². The van der Waals surface area contributed by atoms with Gasteiger partial charge in [-0.05, 0) is 25.5 Å². The van der Waals surface area contributed by atoms with Gasteiger partial charge < -0.3 is 14.6 Å². The van der Waals surface area contributed by atoms with E-state index in [9.17, 15) is 4.79 Å². The highest BCUT2D eigenvalue weighted by molar-refractivity contribution is 6.31. The number of rotatable bonds is 6. The fourth-order valence-corrected chi connectivity index (χ4v) is 3.30. The van der Waals surface area contributed by atoms with Crippen LogP contribution in [0.3, 0.4) is 0 Å². The molecule has 1 N–H and O–H groups in total. The molecule has 1 amide bonds. The SMILES string of the molecule is COc1cc(Cl)c(C)cc1NC(=O)CN1CCN(Cc2cc(C)on2)CC1. The third kappa shape index (κ3) is 5.22. The number of piperazine rings is 1. The fourth-order valence-electron chi connectivity index (χ4n) is 3.15. The van der Waals surface area contributed by atoms with Crippen LogP contribution in [0.25, 0.3) is 0 Å². The molecular weight excluding hydrogens is 368 g/mol. The van der Waals surface area contributed by atoms with Crippen molar-refractivity contribution in [3.63, 3.8) is 0 Å². The van der Waals surface area contributed by atoms with Gasteiger partial charge in [0.2, 0.25) is 5.91 Å². The molecule has 1 fully saturated rings. The van der Waals surface area contributed by atoms with Crippen molar-refractivity contribution in [3.05, 3.63) is 40.2 Å². The second kappa shape index (κ2) is 8.73. The number of anilines is 1. The highest BCUT2D eigenvalue weighted by Crippen LogP contribution is 2.30. The Kier molecular flexibility index (Phi) is 6.36. The van der Waals surface area contributed by atoms with Gasteiger partial charge in [0.15, 0.2) is 0 Å². The highest BCUT2D eigenvalue weighted by atomic mass is 35.5. The van der Waals surface area contributed by atoms with Crippen molar-refractivity contribution < 1.29 is 14.1 Å². The monoisotopic (exact) mass is 392 g/mol. The number of nitrogens with zero attached hydrogens (tertiary/aromatic N) is 3. The van der Waals surface area contributed by atoms with E-state index in [-0.39, 0.29) is 5.91 Å². The number of hydrogen-bond acceptors (Lipinski definition) is 6. The minimum Gasteiger partial charge on any atom is -0.495 e. The number of hydrogen-bond donors (Lipinski definition) is 1. The third-order valence-electron chi connectivity index (χ3n) is 4.65. The van der Waals surface area contributed by atoms with E-state index in [4.69, 9.17) is 20.9 Å². The Bertz CT molecular complexity index is 800. The number of aryl methyl sites for hydroxylation is 2. The first-order valence-corrected chi connectivity index (χ1v) is 9.33. The Morgan fingerprint density at radius 1 is 1.22 bits per heavy atom. The van der Waals surface area contributed by atoms with Crippen LogP contribution >= 0.6 is 11.6 Å². The molecule has 7 nitrogen and oxygen atoms in total. The van der Waals surface area contributed by atoms with Gasteiger partial charge in [0.05, 0.1) is 25.0 Å². The van der Waals surface area contributed by atoms with Gasteiger partial charge in [0, 0.05) is 49.9 Å². The smallest absolute Gasteiger partial charge is 0.238 e. The number of nitrogens with one attached hydrogen (secondary N) is 1. The lowest BCUT2D eigenvalue weighted by Gasteiger charge is -2.33. The standard InChI is InChI=1S/C19H25ClN4O3/c1-13-8-17(18(26-3)10-16(13)20)21-19(25)12-24-6-4-23(5-7-24)11-15-9-14(2)27-22-15/h8-10H,4-7,11-12H2,1-3H3,(H,21,25). The molecule has 27 heavy (non-hydrogen) atoms. The van der Waals surface area contributed by atoms with Crippen molar-refractivity contribution in [2.45, 2.75) is 20.4 Å². The molecule has 0 saturated carbocycles. The van der Waals surface area contributed by atoms with E-state index in [0.717, 1.165) is 49.7 Å². The van der Waals surface area contributed by atoms with Gasteiger partial charge in [-0.2, -0.15) is 0 Å². The van der Waals surface area contributed by atoms with Crippen LogP contribution in [0.1, 0.15) is 17.0 Å². The summed E-state index contributed by atoms with van der Waals surface area (Å²) in [5, 5.41) is 7.58. The van der Waals surface area contributed by atoms with E-state index in [0.29, 0.717) is 23.0 Å². The van der Waals surface area contributed by atoms with E-state index in [2.05, 4.69) is 20.3 Å². The van der Waals surface area contributed by atoms with E-state index in [1.54, 1.807) is 13.2 Å². The molecular formula is C19H25ClN4O3. The number of halogens is 1. The van der Waals surface area contributed by atoms with Crippen molar-refractivity contribution in [1.29, 1.82) is 0 Å². The predicted octanol–water partition coefficient (Wildman–Crippen LogP) is 2.71. The van der Waals surface area contributed by atoms with Crippen LogP contribution in [-0.4, -0.2) is 60.7 Å². The molecule has 146 valence electrons. The van der Waals surface area contributed by atoms with Crippen molar-refractivity contribution in [2.24, 2.45) is 0 Å². The first-order valence-electron chi connectivity index (χ1n) is 8.95. The highest BCUT2D eigenvalue weighted by Gasteiger charge is 2.20. The van der Waals surface area contributed by atoms with Crippen LogP contribution < -0.4 is 10.1 Å². The van der Waals surface area contributed by atoms with Gasteiger partial charge in [-0.15, -0.1) is 0 Å². The first kappa shape index (κ1) is 19.7. The number of ether oxygens (including phenoxy) is 1. The zero-order valence-electron chi connectivity index (χ0n) is 15.9. The lowest BCUT2D eigenvalue weighted by atomic mass is 10.2. The van der Waals surface area contributed by atoms with Crippen molar-refractivity contribution >= 4 is 23.2 Å². The number of methoxy groups -OCH3 is 1. The van der Waals surface area contributed by atoms with Gasteiger partial charge in [0.1, 0.15) is 11.5 Å². The topological polar surface area (TPSA) is 70.8 Å². The Balaban J connectivity index is 1.49. The summed E-state index contributed by atoms with van der Waals surface area (Å²) in [6, 6.07) is 5.51. The second-order valence-electron chi connectivity index (χ2n) is 6.83. The van der Waals surface area contributed by atoms with Crippen molar-refractivity contribution in [2.75, 3.05) is 45.2 Å². The van der Waals surface area contributed by atoms with Gasteiger partial charge in [-0.3, -0.25) is 14.6 Å². The Morgan fingerprint density at radius 2 is 1.93 bits per heavy atom. The van der Waals surface area contributed by atoms with Crippen LogP contribution in [0.4, 0.5) is 5.69 Å². The summed E-state index contributed by atoms with van der Waals surface area (Å²) in [5.74, 6) is 1.33. The fraction of sp³-hybridized carbons (Fsp3) is 0.474. The van der Waals surface area contributed by atoms with Gasteiger partial charge in [-0.25, -0.2) is 0 Å². The lowest BCUT2D eigenvalue weighted by molar-refractivity contribution is -0.117. The Labute approximate surface area is 164 Å². The molecule has 0 unspecified atom stereocenters. The largest absolute Gasteiger partial charge is 0.495 e. The molecule has 1 aromatic heterocycles. The Morgan fingerprint density at radius 3 is 2.56 bits per heavy atom. The number of carbonyl (C=O) groups is 1. The van der Waals surface area contributed by atoms with Crippen molar-refractivity contribution in [3.8, 4) is 5.75 Å². The van der Waals surface area contributed by atoms with Crippen LogP contribution in [-0.2, 0) is 11.3 Å². The summed E-state index contributed by atoms with van der Waals surface area (Å²) in [6.45, 7) is 8.37.